The van der Waals surface area contributed by atoms with Gasteiger partial charge < -0.3 is 0 Å². The van der Waals surface area contributed by atoms with Crippen LogP contribution in [0.4, 0.5) is 0 Å². The molecule has 0 unspecified atom stereocenters. The van der Waals surface area contributed by atoms with Crippen molar-refractivity contribution in [2.24, 2.45) is 0 Å². The highest BCUT2D eigenvalue weighted by Gasteiger charge is 2.26. The summed E-state index contributed by atoms with van der Waals surface area (Å²) < 4.78 is 1.53. The topological polar surface area (TPSA) is 72.3 Å². The van der Waals surface area contributed by atoms with E-state index in [0.717, 1.165) is 0 Å². The van der Waals surface area contributed by atoms with E-state index in [-0.39, 0.29) is 23.1 Å². The predicted octanol–water partition coefficient (Wildman–Crippen LogP) is 2.69. The second-order valence-corrected chi connectivity index (χ2v) is 7.68. The molecule has 0 radical (unpaired) electrons. The highest BCUT2D eigenvalue weighted by atomic mass is 32.2. The molecule has 132 valence electrons. The lowest BCUT2D eigenvalue weighted by Gasteiger charge is -2.15. The van der Waals surface area contributed by atoms with Crippen LogP contribution in [0.15, 0.2) is 51.7 Å². The number of nitrogens with zero attached hydrogens (tertiary/aromatic N) is 3. The maximum absolute atomic E-state index is 12.9. The number of carbonyl (C=O) groups is 2. The molecule has 0 aliphatic carbocycles. The Balaban J connectivity index is 1.70. The monoisotopic (exact) mass is 385 g/mol. The van der Waals surface area contributed by atoms with Gasteiger partial charge in [0.15, 0.2) is 5.16 Å². The van der Waals surface area contributed by atoms with Gasteiger partial charge in [0, 0.05) is 13.0 Å². The van der Waals surface area contributed by atoms with Crippen LogP contribution >= 0.6 is 23.1 Å². The van der Waals surface area contributed by atoms with E-state index >= 15 is 0 Å². The third kappa shape index (κ3) is 3.06. The lowest BCUT2D eigenvalue weighted by Crippen LogP contribution is -2.33. The Kier molecular flexibility index (Phi) is 4.60. The first-order valence-electron chi connectivity index (χ1n) is 8.17. The van der Waals surface area contributed by atoms with Gasteiger partial charge in [0.1, 0.15) is 4.83 Å². The maximum Gasteiger partial charge on any atom is 0.267 e. The lowest BCUT2D eigenvalue weighted by molar-refractivity contribution is -0.140. The van der Waals surface area contributed by atoms with Gasteiger partial charge in [-0.05, 0) is 30.0 Å². The van der Waals surface area contributed by atoms with Gasteiger partial charge in [-0.1, -0.05) is 30.0 Å². The van der Waals surface area contributed by atoms with Crippen LogP contribution in [0, 0.1) is 0 Å². The number of thioether (sulfide) groups is 1. The molecule has 6 nitrogen and oxygen atoms in total. The average molecular weight is 385 g/mol. The van der Waals surface area contributed by atoms with Crippen LogP contribution in [0.25, 0.3) is 15.9 Å². The van der Waals surface area contributed by atoms with Crippen molar-refractivity contribution in [1.82, 2.24) is 14.5 Å². The Morgan fingerprint density at radius 1 is 1.19 bits per heavy atom. The predicted molar refractivity (Wildman–Crippen MR) is 102 cm³/mol. The molecule has 4 rings (SSSR count). The summed E-state index contributed by atoms with van der Waals surface area (Å²) in [5.41, 5.74) is 0.542. The molecule has 3 heterocycles. The summed E-state index contributed by atoms with van der Waals surface area (Å²) in [7, 11) is 0. The number of benzene rings is 1. The van der Waals surface area contributed by atoms with E-state index < -0.39 is 0 Å². The van der Waals surface area contributed by atoms with Crippen LogP contribution in [0.3, 0.4) is 0 Å². The fourth-order valence-corrected chi connectivity index (χ4v) is 4.61. The first kappa shape index (κ1) is 17.0. The quantitative estimate of drug-likeness (QED) is 0.510. The molecule has 1 saturated heterocycles. The zero-order valence-corrected chi connectivity index (χ0v) is 15.4. The molecule has 1 fully saturated rings. The fraction of sp³-hybridized carbons (Fsp3) is 0.222. The number of likely N-dealkylation sites (tertiary alicyclic amines) is 1. The molecule has 0 saturated carbocycles. The zero-order chi connectivity index (χ0) is 18.1. The highest BCUT2D eigenvalue weighted by Crippen LogP contribution is 2.24. The Hall–Kier alpha value is -2.45. The summed E-state index contributed by atoms with van der Waals surface area (Å²) in [6.07, 6.45) is 1.13. The average Bonchev–Trinajstić information content (AvgIpc) is 3.29. The largest absolute Gasteiger partial charge is 0.282 e. The highest BCUT2D eigenvalue weighted by molar-refractivity contribution is 7.99. The standard InChI is InChI=1S/C18H15N3O3S2/c22-14-7-4-9-20(14)15(23)11-26-18-19-16-13(8-10-25-16)17(24)21(18)12-5-2-1-3-6-12/h1-3,5-6,8,10H,4,7,9,11H2. The van der Waals surface area contributed by atoms with Gasteiger partial charge in [-0.2, -0.15) is 0 Å². The molecule has 1 aromatic carbocycles. The second kappa shape index (κ2) is 7.05. The number of imide groups is 1. The van der Waals surface area contributed by atoms with Crippen LogP contribution in [-0.2, 0) is 9.59 Å². The minimum atomic E-state index is -0.238. The van der Waals surface area contributed by atoms with Gasteiger partial charge in [0.2, 0.25) is 11.8 Å². The zero-order valence-electron chi connectivity index (χ0n) is 13.8. The summed E-state index contributed by atoms with van der Waals surface area (Å²) in [6, 6.07) is 11.0. The van der Waals surface area contributed by atoms with Crippen LogP contribution in [0.5, 0.6) is 0 Å². The molecule has 2 amide bonds. The van der Waals surface area contributed by atoms with Crippen molar-refractivity contribution in [3.63, 3.8) is 0 Å². The Morgan fingerprint density at radius 2 is 2.00 bits per heavy atom. The van der Waals surface area contributed by atoms with Gasteiger partial charge in [-0.25, -0.2) is 4.98 Å². The number of aromatic nitrogens is 2. The van der Waals surface area contributed by atoms with Crippen LogP contribution in [0.2, 0.25) is 0 Å². The van der Waals surface area contributed by atoms with E-state index in [2.05, 4.69) is 4.98 Å². The van der Waals surface area contributed by atoms with Crippen molar-refractivity contribution < 1.29 is 9.59 Å². The van der Waals surface area contributed by atoms with Crippen molar-refractivity contribution >= 4 is 45.1 Å². The normalized spacial score (nSPS) is 14.3. The first-order chi connectivity index (χ1) is 12.6. The molecule has 0 atom stereocenters. The first-order valence-corrected chi connectivity index (χ1v) is 10.0. The van der Waals surface area contributed by atoms with Crippen molar-refractivity contribution in [2.75, 3.05) is 12.3 Å². The van der Waals surface area contributed by atoms with Gasteiger partial charge in [0.05, 0.1) is 16.8 Å². The van der Waals surface area contributed by atoms with Gasteiger partial charge >= 0.3 is 0 Å². The van der Waals surface area contributed by atoms with Gasteiger partial charge in [-0.3, -0.25) is 23.9 Å². The number of amides is 2. The Labute approximate surface area is 157 Å². The molecule has 0 spiro atoms. The number of para-hydroxylation sites is 1. The molecule has 1 aliphatic rings. The molecule has 3 aromatic rings. The van der Waals surface area contributed by atoms with E-state index in [4.69, 9.17) is 0 Å². The minimum absolute atomic E-state index is 0.0713. The third-order valence-electron chi connectivity index (χ3n) is 4.18. The van der Waals surface area contributed by atoms with Crippen molar-refractivity contribution in [3.05, 3.63) is 52.1 Å². The summed E-state index contributed by atoms with van der Waals surface area (Å²) in [6.45, 7) is 0.473. The number of hydrogen-bond acceptors (Lipinski definition) is 6. The Bertz CT molecular complexity index is 1040. The molecule has 8 heteroatoms. The third-order valence-corrected chi connectivity index (χ3v) is 5.91. The van der Waals surface area contributed by atoms with Crippen molar-refractivity contribution in [3.8, 4) is 5.69 Å². The molecular weight excluding hydrogens is 370 g/mol. The maximum atomic E-state index is 12.9. The Morgan fingerprint density at radius 3 is 2.73 bits per heavy atom. The summed E-state index contributed by atoms with van der Waals surface area (Å²) >= 11 is 2.58. The SMILES string of the molecule is O=C1CCCN1C(=O)CSc1nc2sccc2c(=O)n1-c1ccccc1. The fourth-order valence-electron chi connectivity index (χ4n) is 2.91. The molecule has 0 N–H and O–H groups in total. The smallest absolute Gasteiger partial charge is 0.267 e. The molecule has 26 heavy (non-hydrogen) atoms. The van der Waals surface area contributed by atoms with E-state index in [1.807, 2.05) is 35.7 Å². The molecule has 0 bridgehead atoms. The van der Waals surface area contributed by atoms with E-state index in [9.17, 15) is 14.4 Å². The number of thiophene rings is 1. The van der Waals surface area contributed by atoms with E-state index in [0.29, 0.717) is 40.4 Å². The second-order valence-electron chi connectivity index (χ2n) is 5.84. The molecule has 1 aliphatic heterocycles. The van der Waals surface area contributed by atoms with Crippen LogP contribution in [0.1, 0.15) is 12.8 Å². The van der Waals surface area contributed by atoms with Gasteiger partial charge in [0.25, 0.3) is 5.56 Å². The molecule has 2 aromatic heterocycles. The van der Waals surface area contributed by atoms with Crippen molar-refractivity contribution in [1.29, 1.82) is 0 Å². The van der Waals surface area contributed by atoms with E-state index in [1.165, 1.54) is 32.6 Å². The summed E-state index contributed by atoms with van der Waals surface area (Å²) in [5.74, 6) is -0.294. The molecular formula is C18H15N3O3S2. The van der Waals surface area contributed by atoms with Crippen LogP contribution < -0.4 is 5.56 Å². The number of hydrogen-bond donors (Lipinski definition) is 0. The van der Waals surface area contributed by atoms with Gasteiger partial charge in [-0.15, -0.1) is 11.3 Å². The van der Waals surface area contributed by atoms with Crippen molar-refractivity contribution in [2.45, 2.75) is 18.0 Å². The van der Waals surface area contributed by atoms with E-state index in [1.54, 1.807) is 6.07 Å². The number of fused-ring (bicyclic) bond motifs is 1. The number of rotatable bonds is 4. The summed E-state index contributed by atoms with van der Waals surface area (Å²) in [5, 5.41) is 2.84. The minimum Gasteiger partial charge on any atom is -0.282 e. The lowest BCUT2D eigenvalue weighted by atomic mass is 10.3. The number of carbonyl (C=O) groups excluding carboxylic acids is 2. The van der Waals surface area contributed by atoms with Crippen LogP contribution in [-0.4, -0.2) is 38.6 Å². The summed E-state index contributed by atoms with van der Waals surface area (Å²) in [4.78, 5) is 43.5.